The molecule has 0 amide bonds. The van der Waals surface area contributed by atoms with Crippen LogP contribution in [0.3, 0.4) is 0 Å². The summed E-state index contributed by atoms with van der Waals surface area (Å²) in [5, 5.41) is 0. The molecule has 1 saturated heterocycles. The molecule has 0 N–H and O–H groups in total. The molecular weight excluding hydrogens is 396 g/mol. The quantitative estimate of drug-likeness (QED) is 0.423. The molecule has 0 bridgehead atoms. The summed E-state index contributed by atoms with van der Waals surface area (Å²) in [6.07, 6.45) is 0. The monoisotopic (exact) mass is 412 g/mol. The molecule has 0 unspecified atom stereocenters. The molecule has 2 atom stereocenters. The topological polar surface area (TPSA) is 107 Å². The second-order valence-corrected chi connectivity index (χ2v) is 6.98. The first-order valence-electron chi connectivity index (χ1n) is 9.22. The molecule has 2 aromatic carbocycles. The van der Waals surface area contributed by atoms with Crippen molar-refractivity contribution in [2.24, 2.45) is 5.92 Å². The minimum Gasteiger partial charge on any atom is -0.457 e. The van der Waals surface area contributed by atoms with Gasteiger partial charge >= 0.3 is 11.9 Å². The van der Waals surface area contributed by atoms with Crippen LogP contribution in [-0.2, 0) is 19.1 Å². The maximum atomic E-state index is 12.6. The van der Waals surface area contributed by atoms with Gasteiger partial charge < -0.3 is 28.4 Å². The van der Waals surface area contributed by atoms with E-state index in [1.165, 1.54) is 13.0 Å². The Bertz CT molecular complexity index is 1060. The lowest BCUT2D eigenvalue weighted by Gasteiger charge is -2.23. The standard InChI is InChI=1S/C21H16O9/c1-10(22)30-15-6-18-17(28-9-29-18)5-12(15)19(20-13(23)7-25-21(20)24)11-2-3-14-16(4-11)27-8-26-14/h2-6,19-20H,7-9H2,1H3/t19-,20+/m0/s1. The van der Waals surface area contributed by atoms with E-state index in [2.05, 4.69) is 0 Å². The van der Waals surface area contributed by atoms with Crippen LogP contribution in [0.15, 0.2) is 30.3 Å². The van der Waals surface area contributed by atoms with Crippen LogP contribution in [0.1, 0.15) is 24.0 Å². The lowest BCUT2D eigenvalue weighted by Crippen LogP contribution is -2.25. The predicted octanol–water partition coefficient (Wildman–Crippen LogP) is 1.94. The molecule has 1 fully saturated rings. The van der Waals surface area contributed by atoms with E-state index in [4.69, 9.17) is 28.4 Å². The molecule has 2 aromatic rings. The molecule has 154 valence electrons. The van der Waals surface area contributed by atoms with Crippen molar-refractivity contribution < 1.29 is 42.8 Å². The van der Waals surface area contributed by atoms with Gasteiger partial charge in [-0.3, -0.25) is 14.4 Å². The van der Waals surface area contributed by atoms with E-state index in [1.807, 2.05) is 0 Å². The Morgan fingerprint density at radius 2 is 1.60 bits per heavy atom. The summed E-state index contributed by atoms with van der Waals surface area (Å²) in [6, 6.07) is 8.28. The first-order valence-corrected chi connectivity index (χ1v) is 9.22. The van der Waals surface area contributed by atoms with Crippen LogP contribution in [0, 0.1) is 5.92 Å². The number of ether oxygens (including phenoxy) is 6. The van der Waals surface area contributed by atoms with Gasteiger partial charge in [0.2, 0.25) is 13.6 Å². The Balaban J connectivity index is 1.70. The number of rotatable bonds is 4. The predicted molar refractivity (Wildman–Crippen MR) is 97.7 cm³/mol. The van der Waals surface area contributed by atoms with Crippen LogP contribution < -0.4 is 23.7 Å². The van der Waals surface area contributed by atoms with E-state index >= 15 is 0 Å². The summed E-state index contributed by atoms with van der Waals surface area (Å²) >= 11 is 0. The van der Waals surface area contributed by atoms with Crippen molar-refractivity contribution in [2.75, 3.05) is 20.2 Å². The van der Waals surface area contributed by atoms with Gasteiger partial charge in [0.1, 0.15) is 11.7 Å². The fourth-order valence-electron chi connectivity index (χ4n) is 3.86. The molecule has 3 heterocycles. The van der Waals surface area contributed by atoms with Crippen molar-refractivity contribution in [3.63, 3.8) is 0 Å². The van der Waals surface area contributed by atoms with Gasteiger partial charge in [-0.2, -0.15) is 0 Å². The number of benzene rings is 2. The summed E-state index contributed by atoms with van der Waals surface area (Å²) in [5.41, 5.74) is 1.02. The largest absolute Gasteiger partial charge is 0.457 e. The normalized spacial score (nSPS) is 19.6. The minimum absolute atomic E-state index is 0.0113. The van der Waals surface area contributed by atoms with Crippen molar-refractivity contribution >= 4 is 17.7 Å². The van der Waals surface area contributed by atoms with Crippen LogP contribution >= 0.6 is 0 Å². The van der Waals surface area contributed by atoms with Crippen LogP contribution in [0.4, 0.5) is 0 Å². The van der Waals surface area contributed by atoms with Crippen LogP contribution in [0.2, 0.25) is 0 Å². The Morgan fingerprint density at radius 1 is 0.933 bits per heavy atom. The van der Waals surface area contributed by atoms with Gasteiger partial charge in [-0.05, 0) is 23.8 Å². The van der Waals surface area contributed by atoms with E-state index in [0.29, 0.717) is 34.1 Å². The highest BCUT2D eigenvalue weighted by atomic mass is 16.7. The third-order valence-corrected chi connectivity index (χ3v) is 5.14. The lowest BCUT2D eigenvalue weighted by atomic mass is 9.78. The molecule has 5 rings (SSSR count). The number of Topliss-reactive ketones (excluding diaryl/α,β-unsaturated/α-hetero) is 1. The van der Waals surface area contributed by atoms with Gasteiger partial charge in [0, 0.05) is 24.5 Å². The van der Waals surface area contributed by atoms with Gasteiger partial charge in [-0.1, -0.05) is 6.07 Å². The smallest absolute Gasteiger partial charge is 0.318 e. The lowest BCUT2D eigenvalue weighted by molar-refractivity contribution is -0.141. The first kappa shape index (κ1) is 18.3. The van der Waals surface area contributed by atoms with Crippen LogP contribution in [-0.4, -0.2) is 37.9 Å². The molecule has 3 aliphatic heterocycles. The Kier molecular flexibility index (Phi) is 4.23. The number of esters is 2. The fourth-order valence-corrected chi connectivity index (χ4v) is 3.86. The van der Waals surface area contributed by atoms with Crippen LogP contribution in [0.25, 0.3) is 0 Å². The van der Waals surface area contributed by atoms with E-state index < -0.39 is 23.8 Å². The molecular formula is C21H16O9. The maximum Gasteiger partial charge on any atom is 0.318 e. The second kappa shape index (κ2) is 6.94. The highest BCUT2D eigenvalue weighted by Crippen LogP contribution is 2.47. The molecule has 0 saturated carbocycles. The molecule has 0 spiro atoms. The zero-order valence-electron chi connectivity index (χ0n) is 15.8. The van der Waals surface area contributed by atoms with Gasteiger partial charge in [-0.25, -0.2) is 0 Å². The third kappa shape index (κ3) is 2.99. The number of fused-ring (bicyclic) bond motifs is 2. The molecule has 0 aliphatic carbocycles. The van der Waals surface area contributed by atoms with Crippen LogP contribution in [0.5, 0.6) is 28.7 Å². The summed E-state index contributed by atoms with van der Waals surface area (Å²) in [4.78, 5) is 36.9. The molecule has 0 radical (unpaired) electrons. The van der Waals surface area contributed by atoms with Crippen molar-refractivity contribution in [2.45, 2.75) is 12.8 Å². The van der Waals surface area contributed by atoms with E-state index in [0.717, 1.165) is 0 Å². The van der Waals surface area contributed by atoms with Crippen molar-refractivity contribution in [1.82, 2.24) is 0 Å². The summed E-state index contributed by atoms with van der Waals surface area (Å²) in [7, 11) is 0. The number of hydrogen-bond acceptors (Lipinski definition) is 9. The minimum atomic E-state index is -1.11. The summed E-state index contributed by atoms with van der Waals surface area (Å²) < 4.78 is 32.1. The molecule has 0 aromatic heterocycles. The van der Waals surface area contributed by atoms with Crippen molar-refractivity contribution in [3.8, 4) is 28.7 Å². The zero-order chi connectivity index (χ0) is 20.8. The first-order chi connectivity index (χ1) is 14.5. The highest BCUT2D eigenvalue weighted by Gasteiger charge is 2.45. The highest BCUT2D eigenvalue weighted by molar-refractivity contribution is 6.06. The Labute approximate surface area is 170 Å². The number of ketones is 1. The molecule has 9 nitrogen and oxygen atoms in total. The number of cyclic esters (lactones) is 1. The molecule has 3 aliphatic rings. The average Bonchev–Trinajstić information content (AvgIpc) is 3.43. The summed E-state index contributed by atoms with van der Waals surface area (Å²) in [6.45, 7) is 1.05. The zero-order valence-corrected chi connectivity index (χ0v) is 15.8. The fraction of sp³-hybridized carbons (Fsp3) is 0.286. The maximum absolute atomic E-state index is 12.6. The van der Waals surface area contributed by atoms with Gasteiger partial charge in [0.05, 0.1) is 0 Å². The molecule has 30 heavy (non-hydrogen) atoms. The summed E-state index contributed by atoms with van der Waals surface area (Å²) in [5.74, 6) is -1.43. The van der Waals surface area contributed by atoms with Gasteiger partial charge in [-0.15, -0.1) is 0 Å². The second-order valence-electron chi connectivity index (χ2n) is 6.98. The van der Waals surface area contributed by atoms with E-state index in [9.17, 15) is 14.4 Å². The third-order valence-electron chi connectivity index (χ3n) is 5.14. The number of hydrogen-bond donors (Lipinski definition) is 0. The molecule has 9 heteroatoms. The van der Waals surface area contributed by atoms with E-state index in [-0.39, 0.29) is 31.7 Å². The number of carbonyl (C=O) groups excluding carboxylic acids is 3. The Hall–Kier alpha value is -3.75. The van der Waals surface area contributed by atoms with Crippen molar-refractivity contribution in [1.29, 1.82) is 0 Å². The van der Waals surface area contributed by atoms with Gasteiger partial charge in [0.15, 0.2) is 35.4 Å². The Morgan fingerprint density at radius 3 is 2.27 bits per heavy atom. The van der Waals surface area contributed by atoms with Gasteiger partial charge in [0.25, 0.3) is 0 Å². The SMILES string of the molecule is CC(=O)Oc1cc2c(cc1[C@H](c1ccc3c(c1)OCO3)[C@H]1C(=O)COC1=O)OCO2. The van der Waals surface area contributed by atoms with E-state index in [1.54, 1.807) is 24.3 Å². The van der Waals surface area contributed by atoms with Crippen molar-refractivity contribution in [3.05, 3.63) is 41.5 Å². The number of carbonyl (C=O) groups is 3. The average molecular weight is 412 g/mol.